The third kappa shape index (κ3) is 2.42. The van der Waals surface area contributed by atoms with E-state index in [-0.39, 0.29) is 18.7 Å². The van der Waals surface area contributed by atoms with Crippen LogP contribution in [0.4, 0.5) is 0 Å². The van der Waals surface area contributed by atoms with Gasteiger partial charge in [-0.1, -0.05) is 23.7 Å². The second kappa shape index (κ2) is 5.95. The first-order valence-corrected chi connectivity index (χ1v) is 9.08. The molecule has 1 aliphatic carbocycles. The molecule has 2 aromatic carbocycles. The molecule has 2 N–H and O–H groups in total. The van der Waals surface area contributed by atoms with Crippen LogP contribution in [0.1, 0.15) is 40.5 Å². The number of aryl methyl sites for hydroxylation is 1. The number of carbonyl (C=O) groups is 1. The van der Waals surface area contributed by atoms with Gasteiger partial charge in [-0.2, -0.15) is 0 Å². The number of aromatic nitrogens is 1. The average molecular weight is 369 g/mol. The molecule has 5 rings (SSSR count). The van der Waals surface area contributed by atoms with E-state index in [1.807, 2.05) is 12.1 Å². The number of hydrogen-bond donors (Lipinski definition) is 2. The number of ether oxygens (including phenoxy) is 2. The Morgan fingerprint density at radius 2 is 2.08 bits per heavy atom. The molecule has 0 spiro atoms. The molecule has 0 saturated heterocycles. The maximum absolute atomic E-state index is 12.8. The van der Waals surface area contributed by atoms with Gasteiger partial charge in [0.25, 0.3) is 5.91 Å². The highest BCUT2D eigenvalue weighted by molar-refractivity contribution is 6.35. The Morgan fingerprint density at radius 3 is 3.00 bits per heavy atom. The summed E-state index contributed by atoms with van der Waals surface area (Å²) in [5.74, 6) is 1.16. The number of nitrogens with one attached hydrogen (secondary N) is 2. The van der Waals surface area contributed by atoms with E-state index in [0.29, 0.717) is 22.1 Å². The summed E-state index contributed by atoms with van der Waals surface area (Å²) in [7, 11) is 0. The number of H-pyrrole nitrogens is 1. The van der Waals surface area contributed by atoms with Crippen LogP contribution in [0.2, 0.25) is 5.02 Å². The number of fused-ring (bicyclic) bond motifs is 4. The van der Waals surface area contributed by atoms with Crippen molar-refractivity contribution in [2.45, 2.75) is 25.3 Å². The molecule has 0 saturated carbocycles. The Hall–Kier alpha value is -2.66. The fourth-order valence-corrected chi connectivity index (χ4v) is 4.10. The Kier molecular flexibility index (Phi) is 3.57. The summed E-state index contributed by atoms with van der Waals surface area (Å²) in [5, 5.41) is 5.01. The van der Waals surface area contributed by atoms with Gasteiger partial charge in [0.15, 0.2) is 11.5 Å². The van der Waals surface area contributed by atoms with Crippen LogP contribution in [0.15, 0.2) is 36.4 Å². The van der Waals surface area contributed by atoms with Crippen LogP contribution in [0.5, 0.6) is 11.5 Å². The highest BCUT2D eigenvalue weighted by atomic mass is 35.5. The fraction of sp³-hybridized carbons (Fsp3) is 0.250. The molecule has 1 amide bonds. The number of halogens is 1. The maximum Gasteiger partial charge on any atom is 0.251 e. The maximum atomic E-state index is 12.8. The van der Waals surface area contributed by atoms with Gasteiger partial charge >= 0.3 is 0 Å². The molecular weight excluding hydrogens is 352 g/mol. The monoisotopic (exact) mass is 368 g/mol. The van der Waals surface area contributed by atoms with E-state index in [2.05, 4.69) is 16.4 Å². The number of amides is 1. The van der Waals surface area contributed by atoms with Crippen molar-refractivity contribution in [3.05, 3.63) is 58.2 Å². The summed E-state index contributed by atoms with van der Waals surface area (Å²) in [6, 6.07) is 11.1. The first kappa shape index (κ1) is 15.6. The first-order chi connectivity index (χ1) is 12.7. The van der Waals surface area contributed by atoms with Crippen LogP contribution in [-0.4, -0.2) is 17.7 Å². The molecule has 1 aromatic heterocycles. The average Bonchev–Trinajstić information content (AvgIpc) is 3.27. The summed E-state index contributed by atoms with van der Waals surface area (Å²) in [5.41, 5.74) is 3.83. The number of carbonyl (C=O) groups excluding carboxylic acids is 1. The highest BCUT2D eigenvalue weighted by Gasteiger charge is 2.27. The zero-order valence-corrected chi connectivity index (χ0v) is 14.7. The molecular formula is C20H17ClN2O3. The van der Waals surface area contributed by atoms with E-state index in [0.717, 1.165) is 35.9 Å². The van der Waals surface area contributed by atoms with Crippen molar-refractivity contribution in [1.82, 2.24) is 10.3 Å². The molecule has 1 aliphatic heterocycles. The van der Waals surface area contributed by atoms with E-state index in [1.165, 1.54) is 5.56 Å². The fourth-order valence-electron chi connectivity index (χ4n) is 3.88. The van der Waals surface area contributed by atoms with Crippen molar-refractivity contribution in [3.8, 4) is 11.5 Å². The molecule has 0 fully saturated rings. The first-order valence-electron chi connectivity index (χ1n) is 8.70. The second-order valence-electron chi connectivity index (χ2n) is 6.67. The summed E-state index contributed by atoms with van der Waals surface area (Å²) in [4.78, 5) is 16.2. The van der Waals surface area contributed by atoms with E-state index < -0.39 is 0 Å². The Labute approximate surface area is 155 Å². The predicted octanol–water partition coefficient (Wildman–Crippen LogP) is 4.36. The summed E-state index contributed by atoms with van der Waals surface area (Å²) in [6.45, 7) is 0.197. The van der Waals surface area contributed by atoms with E-state index in [9.17, 15) is 4.79 Å². The summed E-state index contributed by atoms with van der Waals surface area (Å²) >= 11 is 6.34. The van der Waals surface area contributed by atoms with Crippen LogP contribution >= 0.6 is 11.6 Å². The minimum absolute atomic E-state index is 0.0554. The molecule has 0 radical (unpaired) electrons. The predicted molar refractivity (Wildman–Crippen MR) is 99.0 cm³/mol. The molecule has 6 heteroatoms. The lowest BCUT2D eigenvalue weighted by Crippen LogP contribution is -2.31. The topological polar surface area (TPSA) is 63.4 Å². The normalized spacial score (nSPS) is 18.0. The van der Waals surface area contributed by atoms with Gasteiger partial charge in [-0.05, 0) is 49.1 Å². The smallest absolute Gasteiger partial charge is 0.251 e. The van der Waals surface area contributed by atoms with Crippen LogP contribution in [-0.2, 0) is 6.42 Å². The lowest BCUT2D eigenvalue weighted by atomic mass is 9.91. The minimum atomic E-state index is -0.120. The molecule has 26 heavy (non-hydrogen) atoms. The van der Waals surface area contributed by atoms with E-state index in [4.69, 9.17) is 21.1 Å². The Balaban J connectivity index is 1.46. The minimum Gasteiger partial charge on any atom is -0.454 e. The number of para-hydroxylation sites is 1. The molecule has 2 heterocycles. The quantitative estimate of drug-likeness (QED) is 0.706. The van der Waals surface area contributed by atoms with E-state index >= 15 is 0 Å². The molecule has 0 unspecified atom stereocenters. The van der Waals surface area contributed by atoms with Crippen LogP contribution in [0, 0.1) is 0 Å². The van der Waals surface area contributed by atoms with Gasteiger partial charge in [-0.15, -0.1) is 0 Å². The molecule has 1 atom stereocenters. The largest absolute Gasteiger partial charge is 0.454 e. The SMILES string of the molecule is O=C(N[C@@H]1CCCc2c1[nH]c1c(Cl)cccc21)c1ccc2c(c1)OCO2. The van der Waals surface area contributed by atoms with Crippen molar-refractivity contribution in [3.63, 3.8) is 0 Å². The molecule has 3 aromatic rings. The third-order valence-electron chi connectivity index (χ3n) is 5.13. The number of hydrogen-bond acceptors (Lipinski definition) is 3. The van der Waals surface area contributed by atoms with Gasteiger partial charge in [-0.3, -0.25) is 4.79 Å². The van der Waals surface area contributed by atoms with Gasteiger partial charge in [-0.25, -0.2) is 0 Å². The Bertz CT molecular complexity index is 1030. The summed E-state index contributed by atoms with van der Waals surface area (Å²) < 4.78 is 10.7. The number of rotatable bonds is 2. The Morgan fingerprint density at radius 1 is 1.19 bits per heavy atom. The van der Waals surface area contributed by atoms with Crippen molar-refractivity contribution < 1.29 is 14.3 Å². The molecule has 0 bridgehead atoms. The van der Waals surface area contributed by atoms with Crippen molar-refractivity contribution in [2.75, 3.05) is 6.79 Å². The van der Waals surface area contributed by atoms with Gasteiger partial charge in [0.05, 0.1) is 16.6 Å². The number of aromatic amines is 1. The molecule has 2 aliphatic rings. The molecule has 132 valence electrons. The lowest BCUT2D eigenvalue weighted by molar-refractivity contribution is 0.0931. The van der Waals surface area contributed by atoms with Gasteiger partial charge in [0.1, 0.15) is 0 Å². The zero-order valence-electron chi connectivity index (χ0n) is 14.0. The second-order valence-corrected chi connectivity index (χ2v) is 7.07. The lowest BCUT2D eigenvalue weighted by Gasteiger charge is -2.24. The van der Waals surface area contributed by atoms with Crippen molar-refractivity contribution in [1.29, 1.82) is 0 Å². The highest BCUT2D eigenvalue weighted by Crippen LogP contribution is 2.37. The number of benzene rings is 2. The third-order valence-corrected chi connectivity index (χ3v) is 5.45. The van der Waals surface area contributed by atoms with Crippen molar-refractivity contribution >= 4 is 28.4 Å². The van der Waals surface area contributed by atoms with Gasteiger partial charge < -0.3 is 19.8 Å². The van der Waals surface area contributed by atoms with Crippen molar-refractivity contribution in [2.24, 2.45) is 0 Å². The summed E-state index contributed by atoms with van der Waals surface area (Å²) in [6.07, 6.45) is 2.92. The van der Waals surface area contributed by atoms with Crippen LogP contribution in [0.25, 0.3) is 10.9 Å². The van der Waals surface area contributed by atoms with Crippen LogP contribution < -0.4 is 14.8 Å². The van der Waals surface area contributed by atoms with Gasteiger partial charge in [0.2, 0.25) is 6.79 Å². The molecule has 5 nitrogen and oxygen atoms in total. The van der Waals surface area contributed by atoms with Gasteiger partial charge in [0, 0.05) is 16.6 Å². The van der Waals surface area contributed by atoms with E-state index in [1.54, 1.807) is 18.2 Å². The zero-order chi connectivity index (χ0) is 17.7. The standard InChI is InChI=1S/C20H17ClN2O3/c21-14-5-1-3-12-13-4-2-6-15(19(13)23-18(12)14)22-20(24)11-7-8-16-17(9-11)26-10-25-16/h1,3,5,7-9,15,23H,2,4,6,10H2,(H,22,24)/t15-/m1/s1. The van der Waals surface area contributed by atoms with Crippen LogP contribution in [0.3, 0.4) is 0 Å².